The van der Waals surface area contributed by atoms with E-state index < -0.39 is 0 Å². The molecule has 19 heavy (non-hydrogen) atoms. The zero-order valence-corrected chi connectivity index (χ0v) is 14.7. The first-order chi connectivity index (χ1) is 8.59. The molecular weight excluding hydrogens is 353 g/mol. The van der Waals surface area contributed by atoms with Gasteiger partial charge in [-0.2, -0.15) is 0 Å². The van der Waals surface area contributed by atoms with Crippen LogP contribution in [0.4, 0.5) is 0 Å². The summed E-state index contributed by atoms with van der Waals surface area (Å²) in [6, 6.07) is 0.636. The summed E-state index contributed by atoms with van der Waals surface area (Å²) in [6.07, 6.45) is 5.23. The number of ether oxygens (including phenoxy) is 1. The van der Waals surface area contributed by atoms with Gasteiger partial charge in [-0.15, -0.1) is 24.0 Å². The molecule has 4 nitrogen and oxygen atoms in total. The quantitative estimate of drug-likeness (QED) is 0.463. The van der Waals surface area contributed by atoms with Crippen molar-refractivity contribution in [3.05, 3.63) is 0 Å². The predicted octanol–water partition coefficient (Wildman–Crippen LogP) is 2.46. The van der Waals surface area contributed by atoms with E-state index in [1.165, 1.54) is 19.3 Å². The molecule has 2 unspecified atom stereocenters. The van der Waals surface area contributed by atoms with Crippen molar-refractivity contribution in [1.82, 2.24) is 4.90 Å². The van der Waals surface area contributed by atoms with Gasteiger partial charge in [0.15, 0.2) is 5.96 Å². The van der Waals surface area contributed by atoms with Gasteiger partial charge in [0, 0.05) is 32.2 Å². The molecule has 0 aromatic rings. The Hall–Kier alpha value is -0.0400. The number of rotatable bonds is 4. The fourth-order valence-corrected chi connectivity index (χ4v) is 2.77. The van der Waals surface area contributed by atoms with Crippen molar-refractivity contribution in [2.45, 2.75) is 51.7 Å². The highest BCUT2D eigenvalue weighted by molar-refractivity contribution is 14.0. The highest BCUT2D eigenvalue weighted by Crippen LogP contribution is 2.27. The summed E-state index contributed by atoms with van der Waals surface area (Å²) in [7, 11) is 2.05. The molecule has 2 fully saturated rings. The van der Waals surface area contributed by atoms with Crippen molar-refractivity contribution >= 4 is 29.9 Å². The third-order valence-electron chi connectivity index (χ3n) is 4.09. The summed E-state index contributed by atoms with van der Waals surface area (Å²) in [6.45, 7) is 6.17. The van der Waals surface area contributed by atoms with Gasteiger partial charge < -0.3 is 15.4 Å². The Bertz CT molecular complexity index is 305. The third kappa shape index (κ3) is 4.77. The number of guanidine groups is 1. The number of nitrogens with two attached hydrogens (primary N) is 1. The number of nitrogens with zero attached hydrogens (tertiary/aromatic N) is 2. The van der Waals surface area contributed by atoms with Gasteiger partial charge >= 0.3 is 0 Å². The molecule has 112 valence electrons. The Morgan fingerprint density at radius 1 is 1.37 bits per heavy atom. The van der Waals surface area contributed by atoms with Gasteiger partial charge in [-0.05, 0) is 31.6 Å². The van der Waals surface area contributed by atoms with Crippen molar-refractivity contribution < 1.29 is 4.74 Å². The van der Waals surface area contributed by atoms with Gasteiger partial charge in [0.25, 0.3) is 0 Å². The molecule has 1 heterocycles. The number of halogens is 1. The third-order valence-corrected chi connectivity index (χ3v) is 4.09. The first kappa shape index (κ1) is 17.0. The van der Waals surface area contributed by atoms with E-state index in [-0.39, 0.29) is 24.0 Å². The number of hydrogen-bond donors (Lipinski definition) is 1. The molecule has 2 aliphatic rings. The van der Waals surface area contributed by atoms with Crippen LogP contribution in [0.5, 0.6) is 0 Å². The maximum atomic E-state index is 6.03. The van der Waals surface area contributed by atoms with Crippen LogP contribution in [0, 0.1) is 11.8 Å². The lowest BCUT2D eigenvalue weighted by atomic mass is 9.87. The number of hydrogen-bond acceptors (Lipinski definition) is 2. The van der Waals surface area contributed by atoms with Crippen LogP contribution in [-0.4, -0.2) is 43.2 Å². The van der Waals surface area contributed by atoms with E-state index in [9.17, 15) is 0 Å². The summed E-state index contributed by atoms with van der Waals surface area (Å²) in [5, 5.41) is 0. The fraction of sp³-hybridized carbons (Fsp3) is 0.929. The van der Waals surface area contributed by atoms with Crippen molar-refractivity contribution in [3.63, 3.8) is 0 Å². The summed E-state index contributed by atoms with van der Waals surface area (Å²) < 4.78 is 5.88. The lowest BCUT2D eigenvalue weighted by molar-refractivity contribution is -0.0491. The Morgan fingerprint density at radius 2 is 2.05 bits per heavy atom. The highest BCUT2D eigenvalue weighted by atomic mass is 127. The van der Waals surface area contributed by atoms with E-state index in [1.54, 1.807) is 0 Å². The molecule has 1 saturated heterocycles. The van der Waals surface area contributed by atoms with Gasteiger partial charge in [-0.25, -0.2) is 0 Å². The minimum Gasteiger partial charge on any atom is -0.378 e. The van der Waals surface area contributed by atoms with E-state index in [2.05, 4.69) is 23.7 Å². The van der Waals surface area contributed by atoms with E-state index in [0.717, 1.165) is 19.6 Å². The van der Waals surface area contributed by atoms with E-state index in [0.29, 0.717) is 29.9 Å². The first-order valence-corrected chi connectivity index (χ1v) is 7.24. The molecule has 0 aromatic heterocycles. The lowest BCUT2D eigenvalue weighted by Gasteiger charge is -2.33. The summed E-state index contributed by atoms with van der Waals surface area (Å²) >= 11 is 0. The van der Waals surface area contributed by atoms with Gasteiger partial charge in [0.2, 0.25) is 0 Å². The molecule has 2 rings (SSSR count). The zero-order chi connectivity index (χ0) is 13.1. The largest absolute Gasteiger partial charge is 0.378 e. The first-order valence-electron chi connectivity index (χ1n) is 7.24. The highest BCUT2D eigenvalue weighted by Gasteiger charge is 2.30. The minimum absolute atomic E-state index is 0. The average molecular weight is 381 g/mol. The van der Waals surface area contributed by atoms with Crippen LogP contribution < -0.4 is 5.73 Å². The molecule has 1 aliphatic heterocycles. The summed E-state index contributed by atoms with van der Waals surface area (Å²) in [5.41, 5.74) is 6.03. The Labute approximate surface area is 134 Å². The molecule has 0 bridgehead atoms. The smallest absolute Gasteiger partial charge is 0.191 e. The Morgan fingerprint density at radius 3 is 2.63 bits per heavy atom. The summed E-state index contributed by atoms with van der Waals surface area (Å²) in [5.74, 6) is 1.79. The lowest BCUT2D eigenvalue weighted by Crippen LogP contribution is -2.39. The van der Waals surface area contributed by atoms with Crippen molar-refractivity contribution in [2.75, 3.05) is 20.2 Å². The van der Waals surface area contributed by atoms with Crippen LogP contribution >= 0.6 is 24.0 Å². The van der Waals surface area contributed by atoms with Crippen LogP contribution in [0.2, 0.25) is 0 Å². The molecule has 2 N–H and O–H groups in total. The van der Waals surface area contributed by atoms with Gasteiger partial charge in [-0.1, -0.05) is 13.8 Å². The molecule has 0 radical (unpaired) electrons. The van der Waals surface area contributed by atoms with Gasteiger partial charge in [0.1, 0.15) is 0 Å². The molecule has 0 spiro atoms. The average Bonchev–Trinajstić information content (AvgIpc) is 3.19. The fourth-order valence-electron chi connectivity index (χ4n) is 2.77. The van der Waals surface area contributed by atoms with Crippen molar-refractivity contribution in [1.29, 1.82) is 0 Å². The van der Waals surface area contributed by atoms with E-state index >= 15 is 0 Å². The second-order valence-corrected chi connectivity index (χ2v) is 6.02. The molecule has 1 aliphatic carbocycles. The van der Waals surface area contributed by atoms with E-state index in [4.69, 9.17) is 10.5 Å². The number of aliphatic imine (C=N–C) groups is 1. The van der Waals surface area contributed by atoms with Crippen LogP contribution in [-0.2, 0) is 4.74 Å². The molecule has 2 atom stereocenters. The van der Waals surface area contributed by atoms with Gasteiger partial charge in [-0.3, -0.25) is 4.99 Å². The van der Waals surface area contributed by atoms with Gasteiger partial charge in [0.05, 0.1) is 6.10 Å². The van der Waals surface area contributed by atoms with Crippen LogP contribution in [0.15, 0.2) is 4.99 Å². The normalized spacial score (nSPS) is 28.1. The molecule has 5 heteroatoms. The second kappa shape index (κ2) is 7.67. The molecule has 0 aromatic carbocycles. The molecular formula is C14H28IN3O. The zero-order valence-electron chi connectivity index (χ0n) is 12.3. The van der Waals surface area contributed by atoms with E-state index in [1.807, 2.05) is 7.05 Å². The predicted molar refractivity (Wildman–Crippen MR) is 90.0 cm³/mol. The SMILES string of the molecule is CC(C)C1OCCCC1CN=C(N)N(C)C1CC1.I. The standard InChI is InChI=1S/C14H27N3O.HI/c1-10(2)13-11(5-4-8-18-13)9-16-14(15)17(3)12-6-7-12;/h10-13H,4-9H2,1-3H3,(H2,15,16);1H. The van der Waals surface area contributed by atoms with Crippen LogP contribution in [0.25, 0.3) is 0 Å². The van der Waals surface area contributed by atoms with Crippen molar-refractivity contribution in [2.24, 2.45) is 22.6 Å². The second-order valence-electron chi connectivity index (χ2n) is 6.02. The maximum Gasteiger partial charge on any atom is 0.191 e. The van der Waals surface area contributed by atoms with Crippen molar-refractivity contribution in [3.8, 4) is 0 Å². The van der Waals surface area contributed by atoms with Crippen LogP contribution in [0.3, 0.4) is 0 Å². The van der Waals surface area contributed by atoms with Crippen LogP contribution in [0.1, 0.15) is 39.5 Å². The maximum absolute atomic E-state index is 6.03. The Balaban J connectivity index is 0.00000180. The Kier molecular flexibility index (Phi) is 6.86. The monoisotopic (exact) mass is 381 g/mol. The topological polar surface area (TPSA) is 50.9 Å². The summed E-state index contributed by atoms with van der Waals surface area (Å²) in [4.78, 5) is 6.70. The molecule has 1 saturated carbocycles. The molecule has 0 amide bonds. The minimum atomic E-state index is 0.